The van der Waals surface area contributed by atoms with Crippen molar-refractivity contribution < 1.29 is 37.0 Å². The third kappa shape index (κ3) is 5.03. The summed E-state index contributed by atoms with van der Waals surface area (Å²) in [6.45, 7) is -1.87. The number of nitrogens with zero attached hydrogens (tertiary/aromatic N) is 2. The van der Waals surface area contributed by atoms with Crippen LogP contribution >= 0.6 is 0 Å². The molecule has 0 bridgehead atoms. The van der Waals surface area contributed by atoms with Crippen LogP contribution in [0.5, 0.6) is 0 Å². The third-order valence-electron chi connectivity index (χ3n) is 3.46. The Hall–Kier alpha value is -2.95. The molecule has 0 saturated carbocycles. The summed E-state index contributed by atoms with van der Waals surface area (Å²) in [7, 11) is 1.40. The molecule has 1 heterocycles. The van der Waals surface area contributed by atoms with Crippen LogP contribution in [0.4, 0.5) is 23.2 Å². The van der Waals surface area contributed by atoms with E-state index in [-0.39, 0.29) is 16.9 Å². The number of anilines is 1. The lowest BCUT2D eigenvalue weighted by molar-refractivity contribution is -0.168. The topological polar surface area (TPSA) is 93.5 Å². The molecule has 0 unspecified atom stereocenters. The fourth-order valence-corrected chi connectivity index (χ4v) is 2.15. The SMILES string of the molecule is Cn1ncc(NC(=O)c2cccc(COCC(F)(F)C(F)F)c2)c1C(=O)O. The van der Waals surface area contributed by atoms with Crippen LogP contribution < -0.4 is 5.32 Å². The quantitative estimate of drug-likeness (QED) is 0.678. The zero-order valence-corrected chi connectivity index (χ0v) is 14.0. The molecule has 0 spiro atoms. The van der Waals surface area contributed by atoms with E-state index in [1.165, 1.54) is 37.5 Å². The number of amides is 1. The number of rotatable bonds is 8. The van der Waals surface area contributed by atoms with Gasteiger partial charge in [0, 0.05) is 12.6 Å². The Balaban J connectivity index is 2.04. The van der Waals surface area contributed by atoms with Crippen LogP contribution in [0.15, 0.2) is 30.5 Å². The molecule has 2 rings (SSSR count). The molecule has 2 N–H and O–H groups in total. The lowest BCUT2D eigenvalue weighted by atomic mass is 10.1. The summed E-state index contributed by atoms with van der Waals surface area (Å²) in [5, 5.41) is 15.3. The van der Waals surface area contributed by atoms with Crippen molar-refractivity contribution >= 4 is 17.6 Å². The number of hydrogen-bond donors (Lipinski definition) is 2. The second kappa shape index (κ2) is 8.16. The number of halogens is 4. The Morgan fingerprint density at radius 2 is 2.07 bits per heavy atom. The lowest BCUT2D eigenvalue weighted by Crippen LogP contribution is -2.32. The first-order valence-corrected chi connectivity index (χ1v) is 7.51. The Labute approximate surface area is 150 Å². The standard InChI is InChI=1S/C16H15F4N3O4/c1-23-12(14(25)26)11(6-21-23)22-13(24)10-4-2-3-9(5-10)7-27-8-16(19,20)15(17)18/h2-6,15H,7-8H2,1H3,(H,22,24)(H,25,26). The van der Waals surface area contributed by atoms with Gasteiger partial charge in [0.05, 0.1) is 18.5 Å². The summed E-state index contributed by atoms with van der Waals surface area (Å²) in [6, 6.07) is 5.63. The molecular formula is C16H15F4N3O4. The number of aryl methyl sites for hydroxylation is 1. The van der Waals surface area contributed by atoms with Gasteiger partial charge in [0.1, 0.15) is 6.61 Å². The number of carboxylic acids is 1. The Morgan fingerprint density at radius 1 is 1.37 bits per heavy atom. The smallest absolute Gasteiger partial charge is 0.356 e. The van der Waals surface area contributed by atoms with Gasteiger partial charge in [-0.15, -0.1) is 0 Å². The molecule has 0 atom stereocenters. The molecule has 11 heteroatoms. The number of carbonyl (C=O) groups is 2. The molecule has 1 aromatic carbocycles. The van der Waals surface area contributed by atoms with Crippen LogP contribution in [-0.4, -0.2) is 45.7 Å². The molecule has 0 aliphatic rings. The molecule has 0 aliphatic heterocycles. The van der Waals surface area contributed by atoms with Crippen LogP contribution in [0.3, 0.4) is 0 Å². The van der Waals surface area contributed by atoms with Gasteiger partial charge in [-0.05, 0) is 17.7 Å². The van der Waals surface area contributed by atoms with E-state index in [0.717, 1.165) is 4.68 Å². The van der Waals surface area contributed by atoms with Gasteiger partial charge in [-0.3, -0.25) is 9.48 Å². The van der Waals surface area contributed by atoms with Gasteiger partial charge >= 0.3 is 18.3 Å². The molecule has 1 amide bonds. The van der Waals surface area contributed by atoms with Gasteiger partial charge in [-0.25, -0.2) is 13.6 Å². The predicted octanol–water partition coefficient (Wildman–Crippen LogP) is 2.79. The van der Waals surface area contributed by atoms with Gasteiger partial charge in [-0.1, -0.05) is 12.1 Å². The van der Waals surface area contributed by atoms with Crippen LogP contribution in [0.1, 0.15) is 26.4 Å². The van der Waals surface area contributed by atoms with Gasteiger partial charge in [0.2, 0.25) is 0 Å². The van der Waals surface area contributed by atoms with Gasteiger partial charge < -0.3 is 15.2 Å². The summed E-state index contributed by atoms with van der Waals surface area (Å²) < 4.78 is 55.4. The molecular weight excluding hydrogens is 374 g/mol. The lowest BCUT2D eigenvalue weighted by Gasteiger charge is -2.15. The number of benzene rings is 1. The number of nitrogens with one attached hydrogen (secondary N) is 1. The van der Waals surface area contributed by atoms with Crippen molar-refractivity contribution in [1.29, 1.82) is 0 Å². The fraction of sp³-hybridized carbons (Fsp3) is 0.312. The second-order valence-corrected chi connectivity index (χ2v) is 5.54. The van der Waals surface area contributed by atoms with E-state index in [1.807, 2.05) is 0 Å². The number of carboxylic acid groups (broad SMARTS) is 1. The van der Waals surface area contributed by atoms with Crippen molar-refractivity contribution in [2.45, 2.75) is 19.0 Å². The number of carbonyl (C=O) groups excluding carboxylic acids is 1. The molecule has 146 valence electrons. The Bertz CT molecular complexity index is 839. The van der Waals surface area contributed by atoms with Crippen molar-refractivity contribution in [3.05, 3.63) is 47.3 Å². The maximum atomic E-state index is 12.8. The van der Waals surface area contributed by atoms with E-state index in [4.69, 9.17) is 5.11 Å². The van der Waals surface area contributed by atoms with E-state index < -0.39 is 37.4 Å². The Kier molecular flexibility index (Phi) is 6.16. The number of hydrogen-bond acceptors (Lipinski definition) is 4. The minimum absolute atomic E-state index is 0.0202. The summed E-state index contributed by atoms with van der Waals surface area (Å²) in [5.74, 6) is -6.21. The monoisotopic (exact) mass is 389 g/mol. The molecule has 27 heavy (non-hydrogen) atoms. The van der Waals surface area contributed by atoms with Crippen LogP contribution in [0.25, 0.3) is 0 Å². The second-order valence-electron chi connectivity index (χ2n) is 5.54. The highest BCUT2D eigenvalue weighted by atomic mass is 19.3. The average molecular weight is 389 g/mol. The molecule has 1 aromatic heterocycles. The van der Waals surface area contributed by atoms with E-state index in [2.05, 4.69) is 15.2 Å². The summed E-state index contributed by atoms with van der Waals surface area (Å²) >= 11 is 0. The van der Waals surface area contributed by atoms with E-state index >= 15 is 0 Å². The number of ether oxygens (including phenoxy) is 1. The van der Waals surface area contributed by atoms with Crippen LogP contribution in [0, 0.1) is 0 Å². The minimum Gasteiger partial charge on any atom is -0.476 e. The van der Waals surface area contributed by atoms with Crippen LogP contribution in [0.2, 0.25) is 0 Å². The van der Waals surface area contributed by atoms with E-state index in [9.17, 15) is 27.2 Å². The molecule has 2 aromatic rings. The zero-order valence-electron chi connectivity index (χ0n) is 14.0. The molecule has 7 nitrogen and oxygen atoms in total. The fourth-order valence-electron chi connectivity index (χ4n) is 2.15. The number of aromatic carboxylic acids is 1. The summed E-state index contributed by atoms with van der Waals surface area (Å²) in [6.07, 6.45) is -2.67. The maximum Gasteiger partial charge on any atom is 0.356 e. The highest BCUT2D eigenvalue weighted by molar-refractivity contribution is 6.07. The Morgan fingerprint density at radius 3 is 2.70 bits per heavy atom. The summed E-state index contributed by atoms with van der Waals surface area (Å²) in [4.78, 5) is 23.5. The first-order chi connectivity index (χ1) is 12.6. The first-order valence-electron chi connectivity index (χ1n) is 7.51. The maximum absolute atomic E-state index is 12.8. The molecule has 0 saturated heterocycles. The van der Waals surface area contributed by atoms with Crippen LogP contribution in [-0.2, 0) is 18.4 Å². The number of aromatic nitrogens is 2. The van der Waals surface area contributed by atoms with Crippen molar-refractivity contribution in [2.24, 2.45) is 7.05 Å². The molecule has 0 fully saturated rings. The average Bonchev–Trinajstić information content (AvgIpc) is 2.95. The first kappa shape index (κ1) is 20.4. The number of alkyl halides is 4. The zero-order chi connectivity index (χ0) is 20.2. The third-order valence-corrected chi connectivity index (χ3v) is 3.46. The van der Waals surface area contributed by atoms with Gasteiger partial charge in [0.15, 0.2) is 5.69 Å². The minimum atomic E-state index is -4.26. The normalized spacial score (nSPS) is 11.6. The highest BCUT2D eigenvalue weighted by Crippen LogP contribution is 2.23. The van der Waals surface area contributed by atoms with Crippen molar-refractivity contribution in [3.63, 3.8) is 0 Å². The largest absolute Gasteiger partial charge is 0.476 e. The predicted molar refractivity (Wildman–Crippen MR) is 85.2 cm³/mol. The molecule has 0 aliphatic carbocycles. The van der Waals surface area contributed by atoms with Crippen molar-refractivity contribution in [3.8, 4) is 0 Å². The van der Waals surface area contributed by atoms with E-state index in [1.54, 1.807) is 0 Å². The summed E-state index contributed by atoms with van der Waals surface area (Å²) in [5.41, 5.74) is 0.152. The molecule has 0 radical (unpaired) electrons. The van der Waals surface area contributed by atoms with Gasteiger partial charge in [-0.2, -0.15) is 13.9 Å². The highest BCUT2D eigenvalue weighted by Gasteiger charge is 2.40. The van der Waals surface area contributed by atoms with Crippen molar-refractivity contribution in [2.75, 3.05) is 11.9 Å². The van der Waals surface area contributed by atoms with Gasteiger partial charge in [0.25, 0.3) is 5.91 Å². The van der Waals surface area contributed by atoms with E-state index in [0.29, 0.717) is 5.56 Å². The van der Waals surface area contributed by atoms with Crippen molar-refractivity contribution in [1.82, 2.24) is 9.78 Å².